The fourth-order valence-electron chi connectivity index (χ4n) is 7.42. The molecule has 0 atom stereocenters. The van der Waals surface area contributed by atoms with Gasteiger partial charge in [0, 0.05) is 21.9 Å². The van der Waals surface area contributed by atoms with Crippen molar-refractivity contribution in [3.8, 4) is 29.0 Å². The zero-order valence-electron chi connectivity index (χ0n) is 26.1. The highest BCUT2D eigenvalue weighted by molar-refractivity contribution is 7.19. The van der Waals surface area contributed by atoms with Crippen LogP contribution in [0.15, 0.2) is 176 Å². The molecule has 0 unspecified atom stereocenters. The molecule has 0 aliphatic rings. The first kappa shape index (κ1) is 29.0. The Balaban J connectivity index is 1.43. The molecule has 1 aromatic heterocycles. The maximum atomic E-state index is 10.9. The van der Waals surface area contributed by atoms with Gasteiger partial charge in [0.2, 0.25) is 0 Å². The Morgan fingerprint density at radius 1 is 0.396 bits per heavy atom. The van der Waals surface area contributed by atoms with Gasteiger partial charge in [0.05, 0.1) is 33.9 Å². The van der Waals surface area contributed by atoms with Gasteiger partial charge in [0.1, 0.15) is 6.07 Å². The third kappa shape index (κ3) is 4.48. The Kier molecular flexibility index (Phi) is 7.27. The van der Waals surface area contributed by atoms with E-state index in [1.165, 1.54) is 15.6 Å². The molecule has 1 heterocycles. The minimum Gasteiger partial charge on any atom is -0.307 e. The van der Waals surface area contributed by atoms with E-state index in [1.807, 2.05) is 42.5 Å². The van der Waals surface area contributed by atoms with Gasteiger partial charge in [-0.25, -0.2) is 0 Å². The molecule has 0 amide bonds. The van der Waals surface area contributed by atoms with Gasteiger partial charge < -0.3 is 4.57 Å². The third-order valence-electron chi connectivity index (χ3n) is 9.44. The number of rotatable bonds is 6. The molecule has 8 rings (SSSR count). The summed E-state index contributed by atoms with van der Waals surface area (Å²) in [6.07, 6.45) is 0. The van der Waals surface area contributed by atoms with Crippen molar-refractivity contribution in [1.29, 1.82) is 10.5 Å². The van der Waals surface area contributed by atoms with E-state index in [-0.39, 0.29) is 0 Å². The van der Waals surface area contributed by atoms with Crippen LogP contribution in [0.25, 0.3) is 38.6 Å². The summed E-state index contributed by atoms with van der Waals surface area (Å²) in [6.45, 7) is 0. The maximum Gasteiger partial charge on any atom is 0.179 e. The first-order chi connectivity index (χ1) is 23.8. The van der Waals surface area contributed by atoms with Crippen molar-refractivity contribution in [2.24, 2.45) is 0 Å². The number of hydrogen-bond donors (Lipinski definition) is 0. The molecule has 0 radical (unpaired) electrons. The SMILES string of the molecule is N#Cc1cc([Si](c2ccccc2)(c2ccccc2)c2ccccc2)ccc1-c1cccc(C#N)c1-n1c2ccccc2c2ccccc21. The normalized spacial score (nSPS) is 11.3. The van der Waals surface area contributed by atoms with Crippen LogP contribution in [-0.4, -0.2) is 12.6 Å². The van der Waals surface area contributed by atoms with E-state index in [0.717, 1.165) is 43.8 Å². The Bertz CT molecular complexity index is 2370. The van der Waals surface area contributed by atoms with E-state index < -0.39 is 8.07 Å². The molecule has 0 N–H and O–H groups in total. The molecule has 8 aromatic rings. The summed E-state index contributed by atoms with van der Waals surface area (Å²) in [4.78, 5) is 0. The van der Waals surface area contributed by atoms with Crippen LogP contribution in [0.3, 0.4) is 0 Å². The predicted molar refractivity (Wildman–Crippen MR) is 199 cm³/mol. The third-order valence-corrected chi connectivity index (χ3v) is 14.2. The lowest BCUT2D eigenvalue weighted by atomic mass is 9.96. The van der Waals surface area contributed by atoms with Crippen molar-refractivity contribution < 1.29 is 0 Å². The van der Waals surface area contributed by atoms with Crippen LogP contribution >= 0.6 is 0 Å². The molecule has 0 aliphatic heterocycles. The first-order valence-corrected chi connectivity index (χ1v) is 18.0. The Morgan fingerprint density at radius 3 is 1.38 bits per heavy atom. The summed E-state index contributed by atoms with van der Waals surface area (Å²) in [7, 11) is -2.84. The van der Waals surface area contributed by atoms with Gasteiger partial charge >= 0.3 is 0 Å². The second kappa shape index (κ2) is 12.0. The van der Waals surface area contributed by atoms with Crippen LogP contribution in [0, 0.1) is 22.7 Å². The van der Waals surface area contributed by atoms with Crippen LogP contribution in [0.4, 0.5) is 0 Å². The minimum absolute atomic E-state index is 0.550. The highest BCUT2D eigenvalue weighted by Gasteiger charge is 2.41. The standard InChI is InChI=1S/C44H29N3Si/c45-30-32-15-14-24-41(44(32)47-42-25-12-10-22-39(42)40-23-11-13-26-43(40)47)38-28-27-37(29-33(38)31-46)48(34-16-4-1-5-17-34,35-18-6-2-7-19-35)36-20-8-3-9-21-36/h1-29H. The summed E-state index contributed by atoms with van der Waals surface area (Å²) in [6, 6.07) is 66.0. The predicted octanol–water partition coefficient (Wildman–Crippen LogP) is 7.57. The van der Waals surface area contributed by atoms with E-state index >= 15 is 0 Å². The van der Waals surface area contributed by atoms with E-state index in [0.29, 0.717) is 11.1 Å². The van der Waals surface area contributed by atoms with Crippen molar-refractivity contribution in [2.75, 3.05) is 0 Å². The first-order valence-electron chi connectivity index (χ1n) is 16.0. The van der Waals surface area contributed by atoms with E-state index in [1.54, 1.807) is 0 Å². The van der Waals surface area contributed by atoms with Crippen LogP contribution in [0.2, 0.25) is 0 Å². The highest BCUT2D eigenvalue weighted by atomic mass is 28.3. The lowest BCUT2D eigenvalue weighted by Crippen LogP contribution is -2.74. The Morgan fingerprint density at radius 2 is 0.875 bits per heavy atom. The number of nitriles is 2. The zero-order valence-corrected chi connectivity index (χ0v) is 27.1. The molecule has 0 bridgehead atoms. The number of aromatic nitrogens is 1. The van der Waals surface area contributed by atoms with Gasteiger partial charge in [0.25, 0.3) is 0 Å². The monoisotopic (exact) mass is 627 g/mol. The summed E-state index contributed by atoms with van der Waals surface area (Å²) in [5, 5.41) is 28.4. The van der Waals surface area contributed by atoms with Gasteiger partial charge in [-0.3, -0.25) is 0 Å². The molecule has 0 saturated heterocycles. The number of benzene rings is 7. The van der Waals surface area contributed by atoms with Gasteiger partial charge in [-0.05, 0) is 45.0 Å². The second-order valence-corrected chi connectivity index (χ2v) is 15.7. The van der Waals surface area contributed by atoms with Gasteiger partial charge in [-0.1, -0.05) is 152 Å². The maximum absolute atomic E-state index is 10.9. The molecule has 4 heteroatoms. The van der Waals surface area contributed by atoms with E-state index in [9.17, 15) is 10.5 Å². The minimum atomic E-state index is -2.84. The fourth-order valence-corrected chi connectivity index (χ4v) is 12.2. The van der Waals surface area contributed by atoms with Crippen molar-refractivity contribution in [3.05, 3.63) is 187 Å². The lowest BCUT2D eigenvalue weighted by molar-refractivity contribution is 1.17. The van der Waals surface area contributed by atoms with Gasteiger partial charge in [-0.2, -0.15) is 10.5 Å². The average molecular weight is 628 g/mol. The molecular weight excluding hydrogens is 599 g/mol. The number of nitrogens with zero attached hydrogens (tertiary/aromatic N) is 3. The lowest BCUT2D eigenvalue weighted by Gasteiger charge is -2.34. The number of hydrogen-bond acceptors (Lipinski definition) is 2. The molecule has 3 nitrogen and oxygen atoms in total. The van der Waals surface area contributed by atoms with Crippen LogP contribution in [0.1, 0.15) is 11.1 Å². The van der Waals surface area contributed by atoms with Crippen molar-refractivity contribution in [1.82, 2.24) is 4.57 Å². The van der Waals surface area contributed by atoms with Crippen molar-refractivity contribution in [2.45, 2.75) is 0 Å². The van der Waals surface area contributed by atoms with Gasteiger partial charge in [0.15, 0.2) is 8.07 Å². The number of para-hydroxylation sites is 3. The molecular formula is C44H29N3Si. The summed E-state index contributed by atoms with van der Waals surface area (Å²) in [5.74, 6) is 0. The molecule has 0 fully saturated rings. The highest BCUT2D eigenvalue weighted by Crippen LogP contribution is 2.38. The summed E-state index contributed by atoms with van der Waals surface area (Å²) in [5.41, 5.74) is 5.57. The molecule has 0 saturated carbocycles. The van der Waals surface area contributed by atoms with Gasteiger partial charge in [-0.15, -0.1) is 0 Å². The number of fused-ring (bicyclic) bond motifs is 3. The van der Waals surface area contributed by atoms with E-state index in [4.69, 9.17) is 0 Å². The smallest absolute Gasteiger partial charge is 0.179 e. The van der Waals surface area contributed by atoms with Crippen LogP contribution in [-0.2, 0) is 0 Å². The van der Waals surface area contributed by atoms with Crippen molar-refractivity contribution >= 4 is 50.6 Å². The molecule has 48 heavy (non-hydrogen) atoms. The Hall–Kier alpha value is -6.46. The van der Waals surface area contributed by atoms with Crippen LogP contribution in [0.5, 0.6) is 0 Å². The molecule has 0 spiro atoms. The topological polar surface area (TPSA) is 52.5 Å². The summed E-state index contributed by atoms with van der Waals surface area (Å²) < 4.78 is 2.19. The fraction of sp³-hybridized carbons (Fsp3) is 0. The largest absolute Gasteiger partial charge is 0.307 e. The quantitative estimate of drug-likeness (QED) is 0.141. The molecule has 224 valence electrons. The summed E-state index contributed by atoms with van der Waals surface area (Å²) >= 11 is 0. The van der Waals surface area contributed by atoms with Crippen molar-refractivity contribution in [3.63, 3.8) is 0 Å². The van der Waals surface area contributed by atoms with E-state index in [2.05, 4.69) is 150 Å². The van der Waals surface area contributed by atoms with Crippen LogP contribution < -0.4 is 20.7 Å². The molecule has 0 aliphatic carbocycles. The molecule has 7 aromatic carbocycles. The zero-order chi connectivity index (χ0) is 32.5. The Labute approximate surface area is 280 Å². The second-order valence-electron chi connectivity index (χ2n) is 11.9. The average Bonchev–Trinajstić information content (AvgIpc) is 3.50.